The Hall–Kier alpha value is -2.05. The molecule has 0 atom stereocenters. The number of benzene rings is 1. The van der Waals surface area contributed by atoms with Crippen LogP contribution in [0.1, 0.15) is 46.2 Å². The summed E-state index contributed by atoms with van der Waals surface area (Å²) in [7, 11) is 0. The second-order valence-electron chi connectivity index (χ2n) is 10.1. The molecule has 0 aliphatic carbocycles. The minimum atomic E-state index is 0.0397. The first-order valence-corrected chi connectivity index (χ1v) is 10.8. The van der Waals surface area contributed by atoms with Gasteiger partial charge in [0, 0.05) is 61.1 Å². The van der Waals surface area contributed by atoms with E-state index in [1.54, 1.807) is 0 Å². The molecule has 0 spiro atoms. The fourth-order valence-electron chi connectivity index (χ4n) is 5.26. The molecule has 1 aromatic carbocycles. The molecule has 0 radical (unpaired) electrons. The van der Waals surface area contributed by atoms with Gasteiger partial charge in [-0.1, -0.05) is 18.2 Å². The lowest BCUT2D eigenvalue weighted by molar-refractivity contribution is 0.117. The highest BCUT2D eigenvalue weighted by Crippen LogP contribution is 2.28. The van der Waals surface area contributed by atoms with E-state index in [9.17, 15) is 4.79 Å². The highest BCUT2D eigenvalue weighted by atomic mass is 16.2. The molecule has 2 fully saturated rings. The molecule has 1 aromatic heterocycles. The number of rotatable bonds is 3. The number of aromatic nitrogens is 1. The topological polar surface area (TPSA) is 63.4 Å². The molecule has 2 aromatic rings. The van der Waals surface area contributed by atoms with Crippen LogP contribution in [0.15, 0.2) is 30.3 Å². The van der Waals surface area contributed by atoms with Crippen molar-refractivity contribution in [3.8, 4) is 0 Å². The third-order valence-electron chi connectivity index (χ3n) is 6.16. The number of nitrogens with zero attached hydrogens (tertiary/aromatic N) is 2. The van der Waals surface area contributed by atoms with Crippen molar-refractivity contribution < 1.29 is 4.79 Å². The van der Waals surface area contributed by atoms with Crippen LogP contribution < -0.4 is 10.6 Å². The number of fused-ring (bicyclic) bond motifs is 1. The van der Waals surface area contributed by atoms with Gasteiger partial charge in [0.25, 0.3) is 0 Å². The van der Waals surface area contributed by atoms with E-state index in [0.29, 0.717) is 0 Å². The average Bonchev–Trinajstić information content (AvgIpc) is 3.01. The van der Waals surface area contributed by atoms with Gasteiger partial charge in [-0.05, 0) is 58.1 Å². The van der Waals surface area contributed by atoms with Gasteiger partial charge in [0.05, 0.1) is 0 Å². The maximum atomic E-state index is 12.8. The van der Waals surface area contributed by atoms with Crippen molar-refractivity contribution in [2.24, 2.45) is 0 Å². The molecule has 0 saturated carbocycles. The molecule has 3 heterocycles. The molecule has 2 aliphatic heterocycles. The van der Waals surface area contributed by atoms with E-state index >= 15 is 0 Å². The third-order valence-corrected chi connectivity index (χ3v) is 6.16. The molecule has 6 heteroatoms. The normalized spacial score (nSPS) is 22.7. The molecule has 4 rings (SSSR count). The average molecular weight is 398 g/mol. The number of nitrogens with one attached hydrogen (secondary N) is 3. The van der Waals surface area contributed by atoms with Crippen LogP contribution in [-0.2, 0) is 6.54 Å². The van der Waals surface area contributed by atoms with Gasteiger partial charge in [-0.3, -0.25) is 4.90 Å². The highest BCUT2D eigenvalue weighted by Gasteiger charge is 2.38. The quantitative estimate of drug-likeness (QED) is 0.745. The first kappa shape index (κ1) is 20.2. The lowest BCUT2D eigenvalue weighted by Crippen LogP contribution is -2.63. The molecule has 0 bridgehead atoms. The van der Waals surface area contributed by atoms with Crippen LogP contribution in [0, 0.1) is 0 Å². The van der Waals surface area contributed by atoms with Gasteiger partial charge in [0.2, 0.25) is 0 Å². The lowest BCUT2D eigenvalue weighted by Gasteiger charge is -2.47. The standard InChI is InChI=1S/C23H35N5O/c1-22(2)14-19(15-23(3,4)26-22)25-21(29)28-11-9-27(10-12-28)16-18-13-17-7-5-6-8-20(17)24-18/h5-8,13,19,24,26H,9-12,14-16H2,1-4H3,(H,25,29). The smallest absolute Gasteiger partial charge is 0.317 e. The number of carbonyl (C=O) groups excluding carboxylic acids is 1. The van der Waals surface area contributed by atoms with E-state index in [-0.39, 0.29) is 23.2 Å². The van der Waals surface area contributed by atoms with Crippen molar-refractivity contribution in [2.75, 3.05) is 26.2 Å². The van der Waals surface area contributed by atoms with Crippen LogP contribution in [0.2, 0.25) is 0 Å². The largest absolute Gasteiger partial charge is 0.357 e. The SMILES string of the molecule is CC1(C)CC(NC(=O)N2CCN(Cc3cc4ccccc4[nH]3)CC2)CC(C)(C)N1. The van der Waals surface area contributed by atoms with E-state index in [2.05, 4.69) is 78.5 Å². The second-order valence-corrected chi connectivity index (χ2v) is 10.1. The molecule has 0 unspecified atom stereocenters. The molecule has 29 heavy (non-hydrogen) atoms. The van der Waals surface area contributed by atoms with E-state index < -0.39 is 0 Å². The van der Waals surface area contributed by atoms with E-state index in [0.717, 1.165) is 45.6 Å². The van der Waals surface area contributed by atoms with Crippen molar-refractivity contribution in [3.63, 3.8) is 0 Å². The predicted octanol–water partition coefficient (Wildman–Crippen LogP) is 3.30. The van der Waals surface area contributed by atoms with Crippen molar-refractivity contribution >= 4 is 16.9 Å². The Balaban J connectivity index is 1.28. The third kappa shape index (κ3) is 4.93. The fraction of sp³-hybridized carbons (Fsp3) is 0.609. The molecule has 6 nitrogen and oxygen atoms in total. The molecule has 158 valence electrons. The zero-order valence-electron chi connectivity index (χ0n) is 18.2. The number of H-pyrrole nitrogens is 1. The maximum absolute atomic E-state index is 12.8. The van der Waals surface area contributed by atoms with Gasteiger partial charge in [-0.25, -0.2) is 4.79 Å². The van der Waals surface area contributed by atoms with Gasteiger partial charge < -0.3 is 20.5 Å². The predicted molar refractivity (Wildman–Crippen MR) is 118 cm³/mol. The summed E-state index contributed by atoms with van der Waals surface area (Å²) in [5.74, 6) is 0. The molecule has 2 aliphatic rings. The zero-order valence-corrected chi connectivity index (χ0v) is 18.2. The van der Waals surface area contributed by atoms with Crippen LogP contribution in [0.3, 0.4) is 0 Å². The van der Waals surface area contributed by atoms with Gasteiger partial charge in [-0.2, -0.15) is 0 Å². The Morgan fingerprint density at radius 3 is 2.38 bits per heavy atom. The fourth-order valence-corrected chi connectivity index (χ4v) is 5.26. The van der Waals surface area contributed by atoms with Gasteiger partial charge >= 0.3 is 6.03 Å². The van der Waals surface area contributed by atoms with Crippen molar-refractivity contribution in [3.05, 3.63) is 36.0 Å². The molecule has 2 amide bonds. The van der Waals surface area contributed by atoms with E-state index in [1.165, 1.54) is 16.6 Å². The Kier molecular flexibility index (Phi) is 5.34. The number of hydrogen-bond donors (Lipinski definition) is 3. The van der Waals surface area contributed by atoms with Crippen LogP contribution in [0.5, 0.6) is 0 Å². The number of urea groups is 1. The first-order chi connectivity index (χ1) is 13.7. The monoisotopic (exact) mass is 397 g/mol. The summed E-state index contributed by atoms with van der Waals surface area (Å²) in [5, 5.41) is 8.24. The summed E-state index contributed by atoms with van der Waals surface area (Å²) in [6.45, 7) is 13.2. The van der Waals surface area contributed by atoms with Crippen LogP contribution >= 0.6 is 0 Å². The summed E-state index contributed by atoms with van der Waals surface area (Å²) in [4.78, 5) is 20.7. The van der Waals surface area contributed by atoms with Crippen LogP contribution in [-0.4, -0.2) is 64.1 Å². The number of hydrogen-bond acceptors (Lipinski definition) is 3. The summed E-state index contributed by atoms with van der Waals surface area (Å²) in [6.07, 6.45) is 1.92. The Morgan fingerprint density at radius 2 is 1.72 bits per heavy atom. The molecule has 2 saturated heterocycles. The van der Waals surface area contributed by atoms with E-state index in [1.807, 2.05) is 4.90 Å². The Bertz CT molecular complexity index is 814. The Labute approximate surface area is 174 Å². The van der Waals surface area contributed by atoms with Crippen molar-refractivity contribution in [1.29, 1.82) is 0 Å². The van der Waals surface area contributed by atoms with Gasteiger partial charge in [0.1, 0.15) is 0 Å². The van der Waals surface area contributed by atoms with Crippen molar-refractivity contribution in [1.82, 2.24) is 25.4 Å². The highest BCUT2D eigenvalue weighted by molar-refractivity contribution is 5.80. The minimum absolute atomic E-state index is 0.0397. The number of carbonyl (C=O) groups is 1. The molecular weight excluding hydrogens is 362 g/mol. The Morgan fingerprint density at radius 1 is 1.07 bits per heavy atom. The summed E-state index contributed by atoms with van der Waals surface area (Å²) in [5.41, 5.74) is 2.51. The number of para-hydroxylation sites is 1. The van der Waals surface area contributed by atoms with Gasteiger partial charge in [0.15, 0.2) is 0 Å². The first-order valence-electron chi connectivity index (χ1n) is 10.8. The molecule has 3 N–H and O–H groups in total. The second kappa shape index (κ2) is 7.65. The number of piperidine rings is 1. The summed E-state index contributed by atoms with van der Waals surface area (Å²) in [6, 6.07) is 10.9. The van der Waals surface area contributed by atoms with Gasteiger partial charge in [-0.15, -0.1) is 0 Å². The van der Waals surface area contributed by atoms with Crippen LogP contribution in [0.25, 0.3) is 10.9 Å². The summed E-state index contributed by atoms with van der Waals surface area (Å²) < 4.78 is 0. The van der Waals surface area contributed by atoms with Crippen LogP contribution in [0.4, 0.5) is 4.79 Å². The maximum Gasteiger partial charge on any atom is 0.317 e. The number of aromatic amines is 1. The molecular formula is C23H35N5O. The number of piperazine rings is 1. The van der Waals surface area contributed by atoms with Crippen molar-refractivity contribution in [2.45, 2.75) is 64.2 Å². The van der Waals surface area contributed by atoms with E-state index in [4.69, 9.17) is 0 Å². The number of amides is 2. The minimum Gasteiger partial charge on any atom is -0.357 e. The lowest BCUT2D eigenvalue weighted by atomic mass is 9.80. The summed E-state index contributed by atoms with van der Waals surface area (Å²) >= 11 is 0. The zero-order chi connectivity index (χ0) is 20.6.